The lowest BCUT2D eigenvalue weighted by Crippen LogP contribution is -2.33. The van der Waals surface area contributed by atoms with Gasteiger partial charge in [0, 0.05) is 25.1 Å². The minimum absolute atomic E-state index is 0.156. The Balaban J connectivity index is 1.83. The van der Waals surface area contributed by atoms with Gasteiger partial charge in [-0.2, -0.15) is 0 Å². The number of carbonyl (C=O) groups is 2. The molecule has 162 valence electrons. The molecule has 0 spiro atoms. The van der Waals surface area contributed by atoms with Crippen molar-refractivity contribution in [3.63, 3.8) is 0 Å². The normalized spacial score (nSPS) is 13.5. The van der Waals surface area contributed by atoms with Crippen LogP contribution in [0.4, 0.5) is 5.69 Å². The number of pyridine rings is 1. The Labute approximate surface area is 186 Å². The highest BCUT2D eigenvalue weighted by molar-refractivity contribution is 6.36. The van der Waals surface area contributed by atoms with E-state index in [2.05, 4.69) is 4.98 Å². The van der Waals surface area contributed by atoms with Crippen LogP contribution in [0.5, 0.6) is 11.5 Å². The second-order valence-corrected chi connectivity index (χ2v) is 7.24. The van der Waals surface area contributed by atoms with Crippen molar-refractivity contribution in [1.29, 1.82) is 0 Å². The summed E-state index contributed by atoms with van der Waals surface area (Å²) in [6.45, 7) is 0.156. The molecule has 2 heterocycles. The topological polar surface area (TPSA) is 72.0 Å². The van der Waals surface area contributed by atoms with E-state index in [1.54, 1.807) is 61.8 Å². The molecule has 0 fully saturated rings. The Morgan fingerprint density at radius 2 is 1.56 bits per heavy atom. The molecular weight excluding hydrogens is 406 g/mol. The average Bonchev–Trinajstić information content (AvgIpc) is 3.09. The van der Waals surface area contributed by atoms with Crippen LogP contribution in [0.3, 0.4) is 0 Å². The van der Waals surface area contributed by atoms with Crippen LogP contribution >= 0.6 is 0 Å². The number of methoxy groups -OCH3 is 2. The third-order valence-corrected chi connectivity index (χ3v) is 5.38. The molecule has 4 rings (SSSR count). The van der Waals surface area contributed by atoms with Crippen molar-refractivity contribution in [1.82, 2.24) is 9.88 Å². The first kappa shape index (κ1) is 21.1. The van der Waals surface area contributed by atoms with Gasteiger partial charge in [-0.25, -0.2) is 0 Å². The van der Waals surface area contributed by atoms with Gasteiger partial charge >= 0.3 is 0 Å². The molecule has 2 aromatic carbocycles. The number of ether oxygens (including phenoxy) is 2. The first-order chi connectivity index (χ1) is 15.5. The summed E-state index contributed by atoms with van der Waals surface area (Å²) in [5, 5.41) is 0. The van der Waals surface area contributed by atoms with E-state index in [9.17, 15) is 9.59 Å². The van der Waals surface area contributed by atoms with E-state index in [1.165, 1.54) is 12.0 Å². The van der Waals surface area contributed by atoms with Gasteiger partial charge in [0.25, 0.3) is 11.8 Å². The van der Waals surface area contributed by atoms with E-state index in [0.717, 1.165) is 11.3 Å². The molecule has 1 aromatic heterocycles. The molecule has 1 aliphatic rings. The van der Waals surface area contributed by atoms with Crippen molar-refractivity contribution in [2.75, 3.05) is 26.2 Å². The Morgan fingerprint density at radius 3 is 2.22 bits per heavy atom. The number of aromatic nitrogens is 1. The van der Waals surface area contributed by atoms with Gasteiger partial charge in [0.2, 0.25) is 0 Å². The third kappa shape index (κ3) is 3.80. The maximum absolute atomic E-state index is 13.6. The predicted molar refractivity (Wildman–Crippen MR) is 121 cm³/mol. The van der Waals surface area contributed by atoms with Gasteiger partial charge in [0.1, 0.15) is 5.70 Å². The van der Waals surface area contributed by atoms with Crippen molar-refractivity contribution >= 4 is 23.1 Å². The Morgan fingerprint density at radius 1 is 0.875 bits per heavy atom. The first-order valence-electron chi connectivity index (χ1n) is 10.1. The van der Waals surface area contributed by atoms with E-state index in [4.69, 9.17) is 9.47 Å². The second kappa shape index (κ2) is 8.93. The Kier molecular flexibility index (Phi) is 5.89. The monoisotopic (exact) mass is 429 g/mol. The molecule has 0 radical (unpaired) electrons. The molecule has 0 atom stereocenters. The number of hydrogen-bond acceptors (Lipinski definition) is 6. The lowest BCUT2D eigenvalue weighted by Gasteiger charge is -2.21. The van der Waals surface area contributed by atoms with E-state index < -0.39 is 0 Å². The Bertz CT molecular complexity index is 1180. The predicted octanol–water partition coefficient (Wildman–Crippen LogP) is 3.52. The summed E-state index contributed by atoms with van der Waals surface area (Å²) in [7, 11) is 4.86. The van der Waals surface area contributed by atoms with Gasteiger partial charge in [-0.1, -0.05) is 24.3 Å². The standard InChI is InChI=1S/C25H23N3O4/c1-27(19-7-5-4-6-8-19)23-22(18-9-10-20(31-2)21(15-18)32-3)24(29)28(25(23)30)16-17-11-13-26-14-12-17/h4-15H,16H2,1-3H3. The van der Waals surface area contributed by atoms with E-state index in [-0.39, 0.29) is 18.4 Å². The van der Waals surface area contributed by atoms with Crippen molar-refractivity contribution in [2.24, 2.45) is 0 Å². The van der Waals surface area contributed by atoms with Gasteiger partial charge in [0.15, 0.2) is 11.5 Å². The average molecular weight is 429 g/mol. The van der Waals surface area contributed by atoms with Crippen molar-refractivity contribution in [3.05, 3.63) is 89.9 Å². The summed E-state index contributed by atoms with van der Waals surface area (Å²) in [5.41, 5.74) is 2.82. The van der Waals surface area contributed by atoms with Gasteiger partial charge in [-0.3, -0.25) is 19.5 Å². The van der Waals surface area contributed by atoms with Crippen LogP contribution in [0.15, 0.2) is 78.8 Å². The molecular formula is C25H23N3O4. The quantitative estimate of drug-likeness (QED) is 0.535. The number of likely N-dealkylation sites (N-methyl/N-ethyl adjacent to an activating group) is 1. The van der Waals surface area contributed by atoms with E-state index in [1.807, 2.05) is 30.3 Å². The zero-order valence-electron chi connectivity index (χ0n) is 18.1. The van der Waals surface area contributed by atoms with Gasteiger partial charge in [-0.05, 0) is 47.5 Å². The SMILES string of the molecule is COc1ccc(C2=C(N(C)c3ccccc3)C(=O)N(Cc3ccncc3)C2=O)cc1OC. The number of benzene rings is 2. The molecule has 2 amide bonds. The summed E-state index contributed by atoms with van der Waals surface area (Å²) < 4.78 is 10.7. The minimum atomic E-state index is -0.364. The van der Waals surface area contributed by atoms with Gasteiger partial charge in [0.05, 0.1) is 26.3 Å². The maximum atomic E-state index is 13.6. The molecule has 32 heavy (non-hydrogen) atoms. The van der Waals surface area contributed by atoms with Gasteiger partial charge < -0.3 is 14.4 Å². The fourth-order valence-electron chi connectivity index (χ4n) is 3.72. The molecule has 1 aliphatic heterocycles. The fourth-order valence-corrected chi connectivity index (χ4v) is 3.72. The molecule has 3 aromatic rings. The smallest absolute Gasteiger partial charge is 0.278 e. The highest BCUT2D eigenvalue weighted by Gasteiger charge is 2.41. The molecule has 0 bridgehead atoms. The number of carbonyl (C=O) groups excluding carboxylic acids is 2. The molecule has 0 saturated heterocycles. The van der Waals surface area contributed by atoms with Crippen LogP contribution in [0.2, 0.25) is 0 Å². The van der Waals surface area contributed by atoms with Crippen LogP contribution in [-0.4, -0.2) is 43.0 Å². The number of para-hydroxylation sites is 1. The third-order valence-electron chi connectivity index (χ3n) is 5.38. The molecule has 7 heteroatoms. The summed E-state index contributed by atoms with van der Waals surface area (Å²) in [4.78, 5) is 34.1. The zero-order chi connectivity index (χ0) is 22.7. The summed E-state index contributed by atoms with van der Waals surface area (Å²) in [6.07, 6.45) is 3.28. The zero-order valence-corrected chi connectivity index (χ0v) is 18.1. The van der Waals surface area contributed by atoms with Gasteiger partial charge in [-0.15, -0.1) is 0 Å². The minimum Gasteiger partial charge on any atom is -0.493 e. The number of nitrogens with zero attached hydrogens (tertiary/aromatic N) is 3. The van der Waals surface area contributed by atoms with Crippen LogP contribution in [0.1, 0.15) is 11.1 Å². The number of amides is 2. The molecule has 7 nitrogen and oxygen atoms in total. The summed E-state index contributed by atoms with van der Waals surface area (Å²) in [5.74, 6) is 0.298. The number of imide groups is 1. The van der Waals surface area contributed by atoms with Crippen molar-refractivity contribution < 1.29 is 19.1 Å². The second-order valence-electron chi connectivity index (χ2n) is 7.24. The van der Waals surface area contributed by atoms with Crippen molar-refractivity contribution in [2.45, 2.75) is 6.54 Å². The lowest BCUT2D eigenvalue weighted by atomic mass is 10.0. The molecule has 0 saturated carbocycles. The van der Waals surface area contributed by atoms with Crippen LogP contribution < -0.4 is 14.4 Å². The maximum Gasteiger partial charge on any atom is 0.278 e. The van der Waals surface area contributed by atoms with Crippen LogP contribution in [0, 0.1) is 0 Å². The van der Waals surface area contributed by atoms with E-state index in [0.29, 0.717) is 28.3 Å². The molecule has 0 N–H and O–H groups in total. The molecule has 0 unspecified atom stereocenters. The van der Waals surface area contributed by atoms with Crippen LogP contribution in [0.25, 0.3) is 5.57 Å². The Hall–Kier alpha value is -4.13. The highest BCUT2D eigenvalue weighted by atomic mass is 16.5. The lowest BCUT2D eigenvalue weighted by molar-refractivity contribution is -0.137. The fraction of sp³-hybridized carbons (Fsp3) is 0.160. The first-order valence-corrected chi connectivity index (χ1v) is 10.1. The van der Waals surface area contributed by atoms with Crippen LogP contribution in [-0.2, 0) is 16.1 Å². The highest BCUT2D eigenvalue weighted by Crippen LogP contribution is 2.37. The summed E-state index contributed by atoms with van der Waals surface area (Å²) >= 11 is 0. The molecule has 0 aliphatic carbocycles. The number of rotatable bonds is 7. The number of anilines is 1. The summed E-state index contributed by atoms with van der Waals surface area (Å²) in [6, 6.07) is 18.2. The van der Waals surface area contributed by atoms with Crippen molar-refractivity contribution in [3.8, 4) is 11.5 Å². The van der Waals surface area contributed by atoms with E-state index >= 15 is 0 Å². The number of hydrogen-bond donors (Lipinski definition) is 0. The largest absolute Gasteiger partial charge is 0.493 e.